The molecule has 0 aliphatic rings. The van der Waals surface area contributed by atoms with Crippen molar-refractivity contribution in [3.8, 4) is 5.75 Å². The van der Waals surface area contributed by atoms with Crippen LogP contribution in [0.2, 0.25) is 4.34 Å². The van der Waals surface area contributed by atoms with Gasteiger partial charge >= 0.3 is 6.36 Å². The number of alkyl halides is 3. The summed E-state index contributed by atoms with van der Waals surface area (Å²) in [5.41, 5.74) is 0.487. The van der Waals surface area contributed by atoms with E-state index in [-0.39, 0.29) is 24.1 Å². The monoisotopic (exact) mass is 485 g/mol. The Hall–Kier alpha value is -1.59. The molecule has 5 nitrogen and oxygen atoms in total. The molecule has 2 heterocycles. The molecule has 0 unspecified atom stereocenters. The lowest BCUT2D eigenvalue weighted by Gasteiger charge is -2.21. The molecule has 0 saturated carbocycles. The van der Waals surface area contributed by atoms with Crippen molar-refractivity contribution in [2.45, 2.75) is 6.36 Å². The quantitative estimate of drug-likeness (QED) is 0.459. The fraction of sp³-hybridized carbons (Fsp3) is 0.294. The molecule has 0 radical (unpaired) electrons. The molecule has 0 spiro atoms. The van der Waals surface area contributed by atoms with E-state index in [1.54, 1.807) is 12.1 Å². The first-order valence-corrected chi connectivity index (χ1v) is 10.0. The molecule has 2 aromatic heterocycles. The number of hydrogen-bond acceptors (Lipinski definition) is 6. The SMILES string of the molecule is CN(C)CCN(C(=O)c1ccc(Cl)s1)c1nc2ccc(OC(F)(F)F)cc2s1.Cl. The van der Waals surface area contributed by atoms with E-state index >= 15 is 0 Å². The third kappa shape index (κ3) is 6.19. The van der Waals surface area contributed by atoms with Crippen molar-refractivity contribution < 1.29 is 22.7 Å². The van der Waals surface area contributed by atoms with Crippen LogP contribution in [0.1, 0.15) is 9.67 Å². The molecule has 0 fully saturated rings. The Bertz CT molecular complexity index is 992. The predicted molar refractivity (Wildman–Crippen MR) is 113 cm³/mol. The maximum Gasteiger partial charge on any atom is 0.573 e. The van der Waals surface area contributed by atoms with Gasteiger partial charge in [-0.1, -0.05) is 22.9 Å². The molecule has 0 N–H and O–H groups in total. The number of anilines is 1. The van der Waals surface area contributed by atoms with Crippen LogP contribution in [-0.2, 0) is 0 Å². The number of thiazole rings is 1. The number of ether oxygens (including phenoxy) is 1. The summed E-state index contributed by atoms with van der Waals surface area (Å²) in [6.45, 7) is 0.955. The Morgan fingerprint density at radius 3 is 2.48 bits per heavy atom. The second-order valence-corrected chi connectivity index (χ2v) is 8.76. The molecule has 29 heavy (non-hydrogen) atoms. The first kappa shape index (κ1) is 23.7. The molecular formula is C17H16Cl2F3N3O2S2. The van der Waals surface area contributed by atoms with E-state index in [0.717, 1.165) is 22.7 Å². The molecule has 3 aromatic rings. The van der Waals surface area contributed by atoms with Gasteiger partial charge in [-0.3, -0.25) is 9.69 Å². The van der Waals surface area contributed by atoms with Gasteiger partial charge in [-0.15, -0.1) is 36.9 Å². The lowest BCUT2D eigenvalue weighted by molar-refractivity contribution is -0.274. The highest BCUT2D eigenvalue weighted by Gasteiger charge is 2.31. The van der Waals surface area contributed by atoms with E-state index in [1.165, 1.54) is 23.1 Å². The van der Waals surface area contributed by atoms with Crippen molar-refractivity contribution in [1.82, 2.24) is 9.88 Å². The molecule has 3 rings (SSSR count). The van der Waals surface area contributed by atoms with E-state index < -0.39 is 6.36 Å². The van der Waals surface area contributed by atoms with Gasteiger partial charge in [-0.05, 0) is 38.4 Å². The van der Waals surface area contributed by atoms with Gasteiger partial charge in [0.2, 0.25) is 0 Å². The van der Waals surface area contributed by atoms with Gasteiger partial charge in [0.15, 0.2) is 5.13 Å². The highest BCUT2D eigenvalue weighted by Crippen LogP contribution is 2.34. The average molecular weight is 486 g/mol. The highest BCUT2D eigenvalue weighted by atomic mass is 35.5. The summed E-state index contributed by atoms with van der Waals surface area (Å²) >= 11 is 8.23. The lowest BCUT2D eigenvalue weighted by Crippen LogP contribution is -2.36. The summed E-state index contributed by atoms with van der Waals surface area (Å²) in [4.78, 5) is 21.3. The Morgan fingerprint density at radius 2 is 1.90 bits per heavy atom. The second kappa shape index (κ2) is 9.48. The number of halogens is 5. The minimum Gasteiger partial charge on any atom is -0.406 e. The molecular weight excluding hydrogens is 470 g/mol. The zero-order valence-corrected chi connectivity index (χ0v) is 18.4. The molecule has 0 aliphatic heterocycles. The first-order valence-electron chi connectivity index (χ1n) is 8.00. The number of benzene rings is 1. The van der Waals surface area contributed by atoms with Gasteiger partial charge < -0.3 is 9.64 Å². The molecule has 0 bridgehead atoms. The van der Waals surface area contributed by atoms with Gasteiger partial charge in [0.1, 0.15) is 5.75 Å². The number of amides is 1. The Balaban J connectivity index is 0.00000300. The van der Waals surface area contributed by atoms with Crippen LogP contribution in [0.15, 0.2) is 30.3 Å². The number of thiophene rings is 1. The van der Waals surface area contributed by atoms with Crippen molar-refractivity contribution in [3.63, 3.8) is 0 Å². The van der Waals surface area contributed by atoms with Crippen molar-refractivity contribution in [1.29, 1.82) is 0 Å². The molecule has 12 heteroatoms. The molecule has 1 aromatic carbocycles. The van der Waals surface area contributed by atoms with Crippen LogP contribution < -0.4 is 9.64 Å². The van der Waals surface area contributed by atoms with E-state index in [4.69, 9.17) is 11.6 Å². The topological polar surface area (TPSA) is 45.7 Å². The Morgan fingerprint density at radius 1 is 1.17 bits per heavy atom. The average Bonchev–Trinajstić information content (AvgIpc) is 3.18. The van der Waals surface area contributed by atoms with Gasteiger partial charge in [-0.25, -0.2) is 4.98 Å². The number of likely N-dealkylation sites (N-methyl/N-ethyl adjacent to an activating group) is 1. The number of carbonyl (C=O) groups excluding carboxylic acids is 1. The van der Waals surface area contributed by atoms with E-state index in [2.05, 4.69) is 9.72 Å². The van der Waals surface area contributed by atoms with Crippen molar-refractivity contribution in [2.75, 3.05) is 32.1 Å². The van der Waals surface area contributed by atoms with Crippen molar-refractivity contribution in [2.24, 2.45) is 0 Å². The maximum atomic E-state index is 13.0. The second-order valence-electron chi connectivity index (χ2n) is 6.04. The molecule has 1 amide bonds. The van der Waals surface area contributed by atoms with Crippen molar-refractivity contribution >= 4 is 67.9 Å². The van der Waals surface area contributed by atoms with Crippen LogP contribution in [-0.4, -0.2) is 49.3 Å². The van der Waals surface area contributed by atoms with Gasteiger partial charge in [-0.2, -0.15) is 0 Å². The predicted octanol–water partition coefficient (Wildman–Crippen LogP) is 5.54. The van der Waals surface area contributed by atoms with Gasteiger partial charge in [0.05, 0.1) is 19.4 Å². The third-order valence-corrected chi connectivity index (χ3v) is 5.87. The molecule has 0 atom stereocenters. The van der Waals surface area contributed by atoms with Gasteiger partial charge in [0.25, 0.3) is 5.91 Å². The van der Waals surface area contributed by atoms with Crippen LogP contribution in [0.25, 0.3) is 10.2 Å². The summed E-state index contributed by atoms with van der Waals surface area (Å²) in [5.74, 6) is -0.587. The molecule has 0 aliphatic carbocycles. The van der Waals surface area contributed by atoms with Crippen LogP contribution in [0.4, 0.5) is 18.3 Å². The number of carbonyl (C=O) groups is 1. The molecule has 0 saturated heterocycles. The van der Waals surface area contributed by atoms with Crippen LogP contribution in [0.5, 0.6) is 5.75 Å². The van der Waals surface area contributed by atoms with Crippen LogP contribution >= 0.6 is 46.7 Å². The first-order chi connectivity index (χ1) is 13.1. The summed E-state index contributed by atoms with van der Waals surface area (Å²) < 4.78 is 42.3. The number of hydrogen-bond donors (Lipinski definition) is 0. The van der Waals surface area contributed by atoms with Crippen LogP contribution in [0, 0.1) is 0 Å². The number of fused-ring (bicyclic) bond motifs is 1. The van der Waals surface area contributed by atoms with Crippen LogP contribution in [0.3, 0.4) is 0 Å². The number of nitrogens with zero attached hydrogens (tertiary/aromatic N) is 3. The largest absolute Gasteiger partial charge is 0.573 e. The zero-order chi connectivity index (χ0) is 20.5. The van der Waals surface area contributed by atoms with E-state index in [9.17, 15) is 18.0 Å². The smallest absolute Gasteiger partial charge is 0.406 e. The summed E-state index contributed by atoms with van der Waals surface area (Å²) in [5, 5.41) is 0.399. The number of rotatable bonds is 6. The Labute approximate surface area is 184 Å². The molecule has 158 valence electrons. The van der Waals surface area contributed by atoms with Crippen molar-refractivity contribution in [3.05, 3.63) is 39.5 Å². The summed E-state index contributed by atoms with van der Waals surface area (Å²) in [6.07, 6.45) is -4.77. The third-order valence-electron chi connectivity index (χ3n) is 3.61. The minimum atomic E-state index is -4.77. The maximum absolute atomic E-state index is 13.0. The lowest BCUT2D eigenvalue weighted by atomic mass is 10.3. The van der Waals surface area contributed by atoms with E-state index in [1.807, 2.05) is 19.0 Å². The zero-order valence-electron chi connectivity index (χ0n) is 15.2. The normalized spacial score (nSPS) is 11.6. The summed E-state index contributed by atoms with van der Waals surface area (Å²) in [7, 11) is 3.76. The summed E-state index contributed by atoms with van der Waals surface area (Å²) in [6, 6.07) is 7.18. The number of aromatic nitrogens is 1. The highest BCUT2D eigenvalue weighted by molar-refractivity contribution is 7.22. The Kier molecular flexibility index (Phi) is 7.74. The standard InChI is InChI=1S/C17H15ClF3N3O2S2.ClH/c1-23(2)7-8-24(15(25)12-5-6-14(18)27-12)16-22-11-4-3-10(9-13(11)28-16)26-17(19,20)21;/h3-6,9H,7-8H2,1-2H3;1H. The van der Waals surface area contributed by atoms with Gasteiger partial charge in [0, 0.05) is 19.2 Å². The fourth-order valence-corrected chi connectivity index (χ4v) is 4.36. The fourth-order valence-electron chi connectivity index (χ4n) is 2.35. The van der Waals surface area contributed by atoms with E-state index in [0.29, 0.717) is 37.7 Å². The minimum absolute atomic E-state index is 0.